The molecule has 222 valence electrons. The Labute approximate surface area is 248 Å². The summed E-state index contributed by atoms with van der Waals surface area (Å²) in [6, 6.07) is 21.3. The number of likely N-dealkylation sites (tertiary alicyclic amines) is 1. The minimum absolute atomic E-state index is 0.125. The number of benzene rings is 3. The molecule has 4 aliphatic rings. The maximum absolute atomic E-state index is 13.7. The molecule has 2 bridgehead atoms. The number of halogens is 2. The zero-order valence-electron chi connectivity index (χ0n) is 24.7. The standard InChI is InChI=1S/C36H42F2N2O2/c1-39-21-23(16-27-17-33-26(18-34(27)39)4-3-5-35(33)41-2)22-40-30-14-15-31(40)20-32(19-30)42-36(24-6-10-28(37)11-7-24)25-8-12-29(38)13-9-25/h3-13,23,27,30-32,34,36H,14-22H2,1-2H3/t23-,27+,30?,31?,32?,34+/m0/s1. The molecule has 3 aromatic carbocycles. The van der Waals surface area contributed by atoms with Crippen molar-refractivity contribution >= 4 is 0 Å². The topological polar surface area (TPSA) is 24.9 Å². The highest BCUT2D eigenvalue weighted by molar-refractivity contribution is 5.43. The first-order valence-corrected chi connectivity index (χ1v) is 15.7. The van der Waals surface area contributed by atoms with Crippen LogP contribution >= 0.6 is 0 Å². The lowest BCUT2D eigenvalue weighted by molar-refractivity contribution is -0.0555. The molecule has 3 fully saturated rings. The highest BCUT2D eigenvalue weighted by Gasteiger charge is 2.45. The van der Waals surface area contributed by atoms with Gasteiger partial charge in [-0.15, -0.1) is 0 Å². The van der Waals surface area contributed by atoms with Crippen LogP contribution in [0.2, 0.25) is 0 Å². The first kappa shape index (κ1) is 28.0. The van der Waals surface area contributed by atoms with E-state index in [9.17, 15) is 8.78 Å². The predicted molar refractivity (Wildman–Crippen MR) is 161 cm³/mol. The molecule has 0 amide bonds. The van der Waals surface area contributed by atoms with Crippen molar-refractivity contribution in [2.45, 2.75) is 75.3 Å². The van der Waals surface area contributed by atoms with E-state index in [1.54, 1.807) is 31.4 Å². The lowest BCUT2D eigenvalue weighted by Gasteiger charge is -2.48. The molecule has 0 spiro atoms. The van der Waals surface area contributed by atoms with Crippen LogP contribution in [-0.4, -0.2) is 61.3 Å². The number of piperidine rings is 2. The summed E-state index contributed by atoms with van der Waals surface area (Å²) < 4.78 is 40.0. The Kier molecular flexibility index (Phi) is 7.80. The molecule has 42 heavy (non-hydrogen) atoms. The van der Waals surface area contributed by atoms with Crippen molar-refractivity contribution in [1.29, 1.82) is 0 Å². The van der Waals surface area contributed by atoms with Gasteiger partial charge >= 0.3 is 0 Å². The number of methoxy groups -OCH3 is 1. The molecule has 4 nitrogen and oxygen atoms in total. The smallest absolute Gasteiger partial charge is 0.123 e. The van der Waals surface area contributed by atoms with Crippen LogP contribution in [0.3, 0.4) is 0 Å². The van der Waals surface area contributed by atoms with Crippen molar-refractivity contribution in [1.82, 2.24) is 9.80 Å². The normalized spacial score (nSPS) is 29.4. The molecule has 2 unspecified atom stereocenters. The monoisotopic (exact) mass is 572 g/mol. The SMILES string of the molecule is COc1cccc2c1C[C@H]1C[C@H](CN3C4CCC3CC(OC(c3ccc(F)cc3)c3ccc(F)cc3)C4)CN(C)[C@@H]1C2. The fraction of sp³-hybridized carbons (Fsp3) is 0.500. The van der Waals surface area contributed by atoms with E-state index in [2.05, 4.69) is 35.0 Å². The van der Waals surface area contributed by atoms with Crippen molar-refractivity contribution in [3.8, 4) is 5.75 Å². The van der Waals surface area contributed by atoms with Crippen molar-refractivity contribution in [3.63, 3.8) is 0 Å². The quantitative estimate of drug-likeness (QED) is 0.311. The van der Waals surface area contributed by atoms with E-state index in [1.807, 2.05) is 0 Å². The van der Waals surface area contributed by atoms with Crippen LogP contribution in [0.15, 0.2) is 66.7 Å². The Morgan fingerprint density at radius 2 is 1.48 bits per heavy atom. The van der Waals surface area contributed by atoms with Gasteiger partial charge in [0, 0.05) is 31.2 Å². The second kappa shape index (κ2) is 11.7. The van der Waals surface area contributed by atoms with Crippen LogP contribution in [0.5, 0.6) is 5.75 Å². The zero-order valence-corrected chi connectivity index (χ0v) is 24.7. The Bertz CT molecular complexity index is 1320. The van der Waals surface area contributed by atoms with Gasteiger partial charge in [-0.25, -0.2) is 8.78 Å². The molecule has 7 rings (SSSR count). The third kappa shape index (κ3) is 5.49. The van der Waals surface area contributed by atoms with Gasteiger partial charge in [0.15, 0.2) is 0 Å². The zero-order chi connectivity index (χ0) is 28.8. The Balaban J connectivity index is 1.02. The van der Waals surface area contributed by atoms with Gasteiger partial charge in [0.25, 0.3) is 0 Å². The lowest BCUT2D eigenvalue weighted by atomic mass is 9.72. The fourth-order valence-corrected chi connectivity index (χ4v) is 8.70. The minimum Gasteiger partial charge on any atom is -0.496 e. The Hall–Kier alpha value is -2.80. The molecular formula is C36H42F2N2O2. The highest BCUT2D eigenvalue weighted by Crippen LogP contribution is 2.43. The summed E-state index contributed by atoms with van der Waals surface area (Å²) in [5.41, 5.74) is 4.69. The maximum Gasteiger partial charge on any atom is 0.123 e. The summed E-state index contributed by atoms with van der Waals surface area (Å²) in [6.07, 6.45) is 7.77. The van der Waals surface area contributed by atoms with E-state index < -0.39 is 0 Å². The molecule has 3 aliphatic heterocycles. The number of likely N-dealkylation sites (N-methyl/N-ethyl adjacent to an activating group) is 1. The molecule has 3 aromatic rings. The van der Waals surface area contributed by atoms with Crippen LogP contribution in [0.1, 0.15) is 60.5 Å². The molecule has 0 saturated carbocycles. The van der Waals surface area contributed by atoms with E-state index >= 15 is 0 Å². The summed E-state index contributed by atoms with van der Waals surface area (Å²) in [5, 5.41) is 0. The van der Waals surface area contributed by atoms with Crippen LogP contribution in [0.4, 0.5) is 8.78 Å². The molecule has 1 aliphatic carbocycles. The molecule has 5 atom stereocenters. The van der Waals surface area contributed by atoms with Crippen LogP contribution in [0, 0.1) is 23.5 Å². The van der Waals surface area contributed by atoms with E-state index in [-0.39, 0.29) is 23.8 Å². The molecule has 3 saturated heterocycles. The van der Waals surface area contributed by atoms with Crippen LogP contribution in [0.25, 0.3) is 0 Å². The van der Waals surface area contributed by atoms with Gasteiger partial charge in [0.2, 0.25) is 0 Å². The second-order valence-corrected chi connectivity index (χ2v) is 13.2. The average molecular weight is 573 g/mol. The number of hydrogen-bond donors (Lipinski definition) is 0. The molecule has 3 heterocycles. The third-order valence-corrected chi connectivity index (χ3v) is 10.6. The van der Waals surface area contributed by atoms with Crippen LogP contribution < -0.4 is 4.74 Å². The Morgan fingerprint density at radius 3 is 2.10 bits per heavy atom. The van der Waals surface area contributed by atoms with Gasteiger partial charge < -0.3 is 14.4 Å². The first-order chi connectivity index (χ1) is 20.4. The van der Waals surface area contributed by atoms with E-state index in [0.717, 1.165) is 55.6 Å². The average Bonchev–Trinajstić information content (AvgIpc) is 3.22. The van der Waals surface area contributed by atoms with Gasteiger partial charge in [-0.2, -0.15) is 0 Å². The Morgan fingerprint density at radius 1 is 0.833 bits per heavy atom. The largest absolute Gasteiger partial charge is 0.496 e. The number of ether oxygens (including phenoxy) is 2. The van der Waals surface area contributed by atoms with Crippen molar-refractivity contribution in [2.75, 3.05) is 27.2 Å². The summed E-state index contributed by atoms with van der Waals surface area (Å²) in [7, 11) is 4.12. The number of hydrogen-bond acceptors (Lipinski definition) is 4. The lowest BCUT2D eigenvalue weighted by Crippen LogP contribution is -2.54. The van der Waals surface area contributed by atoms with E-state index in [1.165, 1.54) is 54.7 Å². The highest BCUT2D eigenvalue weighted by atomic mass is 19.1. The minimum atomic E-state index is -0.336. The maximum atomic E-state index is 13.7. The second-order valence-electron chi connectivity index (χ2n) is 13.2. The van der Waals surface area contributed by atoms with Gasteiger partial charge in [0.1, 0.15) is 23.5 Å². The molecular weight excluding hydrogens is 530 g/mol. The van der Waals surface area contributed by atoms with Crippen molar-refractivity contribution in [3.05, 3.63) is 101 Å². The summed E-state index contributed by atoms with van der Waals surface area (Å²) >= 11 is 0. The number of fused-ring (bicyclic) bond motifs is 4. The summed E-state index contributed by atoms with van der Waals surface area (Å²) in [4.78, 5) is 5.44. The van der Waals surface area contributed by atoms with E-state index in [0.29, 0.717) is 30.0 Å². The van der Waals surface area contributed by atoms with Gasteiger partial charge in [-0.05, 0) is 116 Å². The molecule has 0 radical (unpaired) electrons. The molecule has 0 N–H and O–H groups in total. The van der Waals surface area contributed by atoms with Gasteiger partial charge in [-0.3, -0.25) is 4.90 Å². The van der Waals surface area contributed by atoms with Gasteiger partial charge in [-0.1, -0.05) is 36.4 Å². The number of nitrogens with zero attached hydrogens (tertiary/aromatic N) is 2. The van der Waals surface area contributed by atoms with Gasteiger partial charge in [0.05, 0.1) is 13.2 Å². The molecule has 0 aromatic heterocycles. The van der Waals surface area contributed by atoms with E-state index in [4.69, 9.17) is 9.47 Å². The fourth-order valence-electron chi connectivity index (χ4n) is 8.70. The van der Waals surface area contributed by atoms with Crippen LogP contribution in [-0.2, 0) is 17.6 Å². The molecule has 6 heteroatoms. The first-order valence-electron chi connectivity index (χ1n) is 15.7. The third-order valence-electron chi connectivity index (χ3n) is 10.6. The van der Waals surface area contributed by atoms with Crippen molar-refractivity contribution < 1.29 is 18.3 Å². The predicted octanol–water partition coefficient (Wildman–Crippen LogP) is 6.81. The number of rotatable bonds is 7. The summed E-state index contributed by atoms with van der Waals surface area (Å²) in [5.74, 6) is 1.86. The summed E-state index contributed by atoms with van der Waals surface area (Å²) in [6.45, 7) is 2.32. The van der Waals surface area contributed by atoms with Crippen molar-refractivity contribution in [2.24, 2.45) is 11.8 Å².